The molecule has 0 heterocycles. The predicted octanol–water partition coefficient (Wildman–Crippen LogP) is 0.123. The average molecular weight is 190 g/mol. The maximum atomic E-state index is 9.90. The van der Waals surface area contributed by atoms with Crippen LogP contribution < -0.4 is 0 Å². The molecule has 0 aromatic heterocycles. The van der Waals surface area contributed by atoms with E-state index in [1.807, 2.05) is 0 Å². The molecule has 0 fully saturated rings. The predicted molar refractivity (Wildman–Crippen MR) is 44.1 cm³/mol. The van der Waals surface area contributed by atoms with Crippen LogP contribution in [-0.2, 0) is 14.6 Å². The molecule has 0 unspecified atom stereocenters. The average Bonchev–Trinajstić information content (AvgIpc) is 1.78. The molecule has 0 bridgehead atoms. The fraction of sp³-hybridized carbons (Fsp3) is 0.600. The van der Waals surface area contributed by atoms with Crippen LogP contribution in [0.1, 0.15) is 12.8 Å². The molecule has 0 saturated carbocycles. The van der Waals surface area contributed by atoms with Gasteiger partial charge >= 0.3 is 40.0 Å². The SMILES string of the molecule is C=CCCCOS(=O)(=O)O.[NaH]. The molecule has 0 rings (SSSR count). The van der Waals surface area contributed by atoms with Crippen molar-refractivity contribution in [3.05, 3.63) is 12.7 Å². The Morgan fingerprint density at radius 1 is 1.55 bits per heavy atom. The number of unbranched alkanes of at least 4 members (excludes halogenated alkanes) is 1. The Hall–Kier alpha value is 0.610. The van der Waals surface area contributed by atoms with Crippen molar-refractivity contribution < 1.29 is 17.2 Å². The molecule has 1 N–H and O–H groups in total. The van der Waals surface area contributed by atoms with Crippen molar-refractivity contribution in [2.75, 3.05) is 6.61 Å². The van der Waals surface area contributed by atoms with Gasteiger partial charge in [0, 0.05) is 0 Å². The van der Waals surface area contributed by atoms with E-state index >= 15 is 0 Å². The van der Waals surface area contributed by atoms with Gasteiger partial charge in [-0.15, -0.1) is 6.58 Å². The Balaban J connectivity index is 0. The fourth-order valence-electron chi connectivity index (χ4n) is 0.392. The molecule has 0 aromatic rings. The van der Waals surface area contributed by atoms with Crippen LogP contribution in [-0.4, -0.2) is 49.1 Å². The normalized spacial score (nSPS) is 10.3. The number of allylic oxidation sites excluding steroid dienone is 1. The van der Waals surface area contributed by atoms with Gasteiger partial charge in [0.15, 0.2) is 0 Å². The van der Waals surface area contributed by atoms with Gasteiger partial charge in [0.1, 0.15) is 0 Å². The monoisotopic (exact) mass is 190 g/mol. The summed E-state index contributed by atoms with van der Waals surface area (Å²) < 4.78 is 31.9. The van der Waals surface area contributed by atoms with Gasteiger partial charge in [-0.3, -0.25) is 4.55 Å². The van der Waals surface area contributed by atoms with Crippen LogP contribution in [0.15, 0.2) is 12.7 Å². The van der Waals surface area contributed by atoms with Gasteiger partial charge in [-0.05, 0) is 12.8 Å². The Bertz CT molecular complexity index is 187. The Kier molecular flexibility index (Phi) is 9.35. The van der Waals surface area contributed by atoms with Crippen molar-refractivity contribution in [3.8, 4) is 0 Å². The molecule has 62 valence electrons. The standard InChI is InChI=1S/C5H10O4S.Na.H/c1-2-3-4-5-9-10(6,7)8;;/h2H,1,3-5H2,(H,6,7,8);;. The zero-order chi connectivity index (χ0) is 8.04. The molecule has 0 atom stereocenters. The van der Waals surface area contributed by atoms with Crippen molar-refractivity contribution >= 4 is 40.0 Å². The fourth-order valence-corrected chi connectivity index (χ4v) is 0.720. The van der Waals surface area contributed by atoms with Gasteiger partial charge in [-0.1, -0.05) is 6.08 Å². The van der Waals surface area contributed by atoms with E-state index in [2.05, 4.69) is 10.8 Å². The first-order valence-electron chi connectivity index (χ1n) is 2.79. The topological polar surface area (TPSA) is 63.6 Å². The Morgan fingerprint density at radius 2 is 2.09 bits per heavy atom. The summed E-state index contributed by atoms with van der Waals surface area (Å²) in [5.41, 5.74) is 0. The molecule has 0 aliphatic rings. The second kappa shape index (κ2) is 7.27. The minimum atomic E-state index is -4.24. The van der Waals surface area contributed by atoms with Gasteiger partial charge in [-0.2, -0.15) is 8.42 Å². The van der Waals surface area contributed by atoms with E-state index in [0.29, 0.717) is 12.8 Å². The molecule has 0 radical (unpaired) electrons. The van der Waals surface area contributed by atoms with Crippen LogP contribution in [0.2, 0.25) is 0 Å². The molecule has 0 saturated heterocycles. The number of rotatable bonds is 5. The molecule has 11 heavy (non-hydrogen) atoms. The van der Waals surface area contributed by atoms with Crippen molar-refractivity contribution in [1.29, 1.82) is 0 Å². The molecule has 6 heteroatoms. The van der Waals surface area contributed by atoms with Crippen LogP contribution in [0.5, 0.6) is 0 Å². The summed E-state index contributed by atoms with van der Waals surface area (Å²) in [5.74, 6) is 0. The summed E-state index contributed by atoms with van der Waals surface area (Å²) in [6.07, 6.45) is 2.87. The van der Waals surface area contributed by atoms with E-state index in [1.165, 1.54) is 0 Å². The van der Waals surface area contributed by atoms with Gasteiger partial charge in [0.05, 0.1) is 6.61 Å². The van der Waals surface area contributed by atoms with Crippen molar-refractivity contribution in [3.63, 3.8) is 0 Å². The molecular weight excluding hydrogens is 179 g/mol. The maximum absolute atomic E-state index is 9.90. The van der Waals surface area contributed by atoms with E-state index in [1.54, 1.807) is 6.08 Å². The first-order valence-corrected chi connectivity index (χ1v) is 4.15. The molecule has 0 amide bonds. The van der Waals surface area contributed by atoms with Crippen LogP contribution in [0.4, 0.5) is 0 Å². The van der Waals surface area contributed by atoms with E-state index in [0.717, 1.165) is 0 Å². The van der Waals surface area contributed by atoms with E-state index in [-0.39, 0.29) is 36.2 Å². The zero-order valence-corrected chi connectivity index (χ0v) is 6.30. The van der Waals surface area contributed by atoms with E-state index < -0.39 is 10.4 Å². The number of hydrogen-bond donors (Lipinski definition) is 1. The molecule has 0 spiro atoms. The van der Waals surface area contributed by atoms with Crippen LogP contribution in [0.3, 0.4) is 0 Å². The van der Waals surface area contributed by atoms with E-state index in [4.69, 9.17) is 4.55 Å². The summed E-state index contributed by atoms with van der Waals surface area (Å²) in [4.78, 5) is 0. The third-order valence-corrected chi connectivity index (χ3v) is 1.25. The number of hydrogen-bond acceptors (Lipinski definition) is 3. The summed E-state index contributed by atoms with van der Waals surface area (Å²) >= 11 is 0. The summed E-state index contributed by atoms with van der Waals surface area (Å²) in [5, 5.41) is 0. The second-order valence-electron chi connectivity index (χ2n) is 1.68. The third-order valence-electron chi connectivity index (χ3n) is 0.785. The van der Waals surface area contributed by atoms with Gasteiger partial charge in [0.2, 0.25) is 0 Å². The summed E-state index contributed by atoms with van der Waals surface area (Å²) in [6.45, 7) is 3.43. The molecule has 0 aromatic carbocycles. The van der Waals surface area contributed by atoms with E-state index in [9.17, 15) is 8.42 Å². The van der Waals surface area contributed by atoms with Crippen LogP contribution in [0.25, 0.3) is 0 Å². The second-order valence-corrected chi connectivity index (χ2v) is 2.77. The van der Waals surface area contributed by atoms with Crippen molar-refractivity contribution in [1.82, 2.24) is 0 Å². The van der Waals surface area contributed by atoms with Gasteiger partial charge < -0.3 is 0 Å². The summed E-state index contributed by atoms with van der Waals surface area (Å²) in [7, 11) is -4.24. The van der Waals surface area contributed by atoms with Crippen molar-refractivity contribution in [2.24, 2.45) is 0 Å². The molecule has 0 aliphatic carbocycles. The third kappa shape index (κ3) is 13.6. The Labute approximate surface area is 88.9 Å². The Morgan fingerprint density at radius 3 is 2.45 bits per heavy atom. The first kappa shape index (κ1) is 14.2. The molecule has 0 aliphatic heterocycles. The molecule has 4 nitrogen and oxygen atoms in total. The van der Waals surface area contributed by atoms with Crippen LogP contribution in [0, 0.1) is 0 Å². The summed E-state index contributed by atoms with van der Waals surface area (Å²) in [6, 6.07) is 0. The van der Waals surface area contributed by atoms with Gasteiger partial charge in [0.25, 0.3) is 0 Å². The minimum absolute atomic E-state index is 0. The first-order chi connectivity index (χ1) is 4.56. The molecular formula is C5H11NaO4S. The van der Waals surface area contributed by atoms with Crippen LogP contribution >= 0.6 is 0 Å². The zero-order valence-electron chi connectivity index (χ0n) is 5.49. The quantitative estimate of drug-likeness (QED) is 0.289. The van der Waals surface area contributed by atoms with Crippen molar-refractivity contribution in [2.45, 2.75) is 12.8 Å². The van der Waals surface area contributed by atoms with Gasteiger partial charge in [-0.25, -0.2) is 4.18 Å².